The van der Waals surface area contributed by atoms with Gasteiger partial charge in [-0.25, -0.2) is 0 Å². The van der Waals surface area contributed by atoms with Crippen LogP contribution in [0.1, 0.15) is 36.9 Å². The van der Waals surface area contributed by atoms with Crippen molar-refractivity contribution in [1.82, 2.24) is 20.4 Å². The van der Waals surface area contributed by atoms with E-state index in [-0.39, 0.29) is 6.04 Å². The van der Waals surface area contributed by atoms with Crippen LogP contribution in [-0.4, -0.2) is 69.2 Å². The predicted octanol–water partition coefficient (Wildman–Crippen LogP) is 3.52. The van der Waals surface area contributed by atoms with Crippen molar-refractivity contribution in [3.8, 4) is 5.75 Å². The molecule has 32 heavy (non-hydrogen) atoms. The first-order valence-corrected chi connectivity index (χ1v) is 11.6. The fourth-order valence-electron chi connectivity index (χ4n) is 4.41. The molecule has 6 heteroatoms. The minimum atomic E-state index is 0.242. The Morgan fingerprint density at radius 2 is 1.88 bits per heavy atom. The number of hydrogen-bond donors (Lipinski definition) is 2. The lowest BCUT2D eigenvalue weighted by molar-refractivity contribution is 0.134. The van der Waals surface area contributed by atoms with Gasteiger partial charge >= 0.3 is 0 Å². The van der Waals surface area contributed by atoms with Gasteiger partial charge in [0.25, 0.3) is 0 Å². The van der Waals surface area contributed by atoms with Gasteiger partial charge in [-0.2, -0.15) is 0 Å². The van der Waals surface area contributed by atoms with E-state index >= 15 is 0 Å². The number of nitrogens with one attached hydrogen (secondary N) is 2. The first-order valence-electron chi connectivity index (χ1n) is 11.6. The minimum Gasteiger partial charge on any atom is -0.497 e. The van der Waals surface area contributed by atoms with Gasteiger partial charge in [-0.15, -0.1) is 0 Å². The maximum absolute atomic E-state index is 5.30. The molecule has 1 saturated heterocycles. The van der Waals surface area contributed by atoms with Crippen LogP contribution in [0.4, 0.5) is 0 Å². The van der Waals surface area contributed by atoms with Crippen LogP contribution in [0.25, 0.3) is 0 Å². The summed E-state index contributed by atoms with van der Waals surface area (Å²) < 4.78 is 5.30. The average Bonchev–Trinajstić information content (AvgIpc) is 2.81. The van der Waals surface area contributed by atoms with Gasteiger partial charge < -0.3 is 20.3 Å². The number of ether oxygens (including phenoxy) is 1. The molecule has 1 fully saturated rings. The molecule has 0 bridgehead atoms. The predicted molar refractivity (Wildman–Crippen MR) is 133 cm³/mol. The number of rotatable bonds is 8. The number of piperidine rings is 1. The zero-order valence-electron chi connectivity index (χ0n) is 20.2. The van der Waals surface area contributed by atoms with Crippen LogP contribution >= 0.6 is 0 Å². The molecule has 1 heterocycles. The molecule has 0 radical (unpaired) electrons. The fraction of sp³-hybridized carbons (Fsp3) is 0.500. The summed E-state index contributed by atoms with van der Waals surface area (Å²) in [7, 11) is 7.76. The van der Waals surface area contributed by atoms with E-state index in [1.165, 1.54) is 11.1 Å². The zero-order valence-corrected chi connectivity index (χ0v) is 20.2. The lowest BCUT2D eigenvalue weighted by atomic mass is 9.97. The minimum absolute atomic E-state index is 0.242. The normalized spacial score (nSPS) is 20.8. The average molecular weight is 438 g/mol. The van der Waals surface area contributed by atoms with Gasteiger partial charge in [-0.1, -0.05) is 42.5 Å². The molecule has 2 N–H and O–H groups in total. The van der Waals surface area contributed by atoms with Gasteiger partial charge in [-0.05, 0) is 57.1 Å². The largest absolute Gasteiger partial charge is 0.497 e. The number of benzene rings is 2. The number of methoxy groups -OCH3 is 1. The van der Waals surface area contributed by atoms with E-state index in [9.17, 15) is 0 Å². The summed E-state index contributed by atoms with van der Waals surface area (Å²) in [5.74, 6) is 1.75. The quantitative estimate of drug-likeness (QED) is 0.489. The third kappa shape index (κ3) is 6.71. The lowest BCUT2D eigenvalue weighted by Gasteiger charge is -2.38. The van der Waals surface area contributed by atoms with Crippen molar-refractivity contribution < 1.29 is 4.74 Å². The van der Waals surface area contributed by atoms with Gasteiger partial charge in [0.15, 0.2) is 5.96 Å². The summed E-state index contributed by atoms with van der Waals surface area (Å²) >= 11 is 0. The van der Waals surface area contributed by atoms with E-state index in [1.807, 2.05) is 19.2 Å². The molecule has 0 saturated carbocycles. The molecule has 3 rings (SSSR count). The van der Waals surface area contributed by atoms with E-state index in [4.69, 9.17) is 4.74 Å². The molecule has 6 nitrogen and oxygen atoms in total. The molecule has 3 unspecified atom stereocenters. The Kier molecular flexibility index (Phi) is 8.94. The van der Waals surface area contributed by atoms with Gasteiger partial charge in [0, 0.05) is 38.8 Å². The number of guanidine groups is 1. The van der Waals surface area contributed by atoms with Gasteiger partial charge in [0.1, 0.15) is 5.75 Å². The Hall–Kier alpha value is -2.57. The van der Waals surface area contributed by atoms with Crippen LogP contribution in [0.2, 0.25) is 0 Å². The Labute approximate surface area is 193 Å². The third-order valence-electron chi connectivity index (χ3n) is 6.39. The molecule has 0 aromatic heterocycles. The molecular weight excluding hydrogens is 398 g/mol. The summed E-state index contributed by atoms with van der Waals surface area (Å²) in [6, 6.07) is 20.3. The molecule has 0 aliphatic carbocycles. The van der Waals surface area contributed by atoms with Crippen LogP contribution < -0.4 is 15.4 Å². The smallest absolute Gasteiger partial charge is 0.191 e. The number of likely N-dealkylation sites (N-methyl/N-ethyl adjacent to an activating group) is 1. The Bertz CT molecular complexity index is 837. The standard InChI is InChI=1S/C26H39N5O/c1-20-17-23(15-16-31(20)19-21-9-7-6-8-10-21)29-26(27-2)28-18-25(30(3)4)22-11-13-24(32-5)14-12-22/h6-14,20,23,25H,15-19H2,1-5H3,(H2,27,28,29). The second-order valence-corrected chi connectivity index (χ2v) is 8.88. The van der Waals surface area contributed by atoms with Crippen molar-refractivity contribution in [2.45, 2.75) is 44.4 Å². The van der Waals surface area contributed by atoms with Crippen LogP contribution in [0, 0.1) is 0 Å². The highest BCUT2D eigenvalue weighted by Crippen LogP contribution is 2.22. The summed E-state index contributed by atoms with van der Waals surface area (Å²) in [5.41, 5.74) is 2.64. The Morgan fingerprint density at radius 1 is 1.16 bits per heavy atom. The molecule has 2 aromatic carbocycles. The van der Waals surface area contributed by atoms with Gasteiger partial charge in [0.2, 0.25) is 0 Å². The van der Waals surface area contributed by atoms with Crippen LogP contribution in [0.3, 0.4) is 0 Å². The van der Waals surface area contributed by atoms with E-state index in [0.717, 1.165) is 44.2 Å². The summed E-state index contributed by atoms with van der Waals surface area (Å²) in [6.07, 6.45) is 2.23. The van der Waals surface area contributed by atoms with Gasteiger partial charge in [0.05, 0.1) is 13.2 Å². The molecular formula is C26H39N5O. The molecule has 1 aliphatic heterocycles. The van der Waals surface area contributed by atoms with Crippen molar-refractivity contribution in [2.24, 2.45) is 4.99 Å². The first kappa shape index (κ1) is 24.1. The Balaban J connectivity index is 1.51. The first-order chi connectivity index (χ1) is 15.5. The van der Waals surface area contributed by atoms with E-state index in [0.29, 0.717) is 12.1 Å². The SMILES string of the molecule is CN=C(NCC(c1ccc(OC)cc1)N(C)C)NC1CCN(Cc2ccccc2)C(C)C1. The molecule has 3 atom stereocenters. The highest BCUT2D eigenvalue weighted by atomic mass is 16.5. The Morgan fingerprint density at radius 3 is 2.47 bits per heavy atom. The second-order valence-electron chi connectivity index (χ2n) is 8.88. The van der Waals surface area contributed by atoms with E-state index in [2.05, 4.69) is 88.9 Å². The lowest BCUT2D eigenvalue weighted by Crippen LogP contribution is -2.52. The highest BCUT2D eigenvalue weighted by molar-refractivity contribution is 5.80. The van der Waals surface area contributed by atoms with Crippen LogP contribution in [0.5, 0.6) is 5.75 Å². The third-order valence-corrected chi connectivity index (χ3v) is 6.39. The van der Waals surface area contributed by atoms with Crippen molar-refractivity contribution in [1.29, 1.82) is 0 Å². The maximum atomic E-state index is 5.30. The van der Waals surface area contributed by atoms with Crippen molar-refractivity contribution >= 4 is 5.96 Å². The molecule has 0 spiro atoms. The number of likely N-dealkylation sites (tertiary alicyclic amines) is 1. The molecule has 1 aliphatic rings. The summed E-state index contributed by atoms with van der Waals surface area (Å²) in [5, 5.41) is 7.20. The second kappa shape index (κ2) is 11.9. The molecule has 0 amide bonds. The van der Waals surface area contributed by atoms with Crippen LogP contribution in [0.15, 0.2) is 59.6 Å². The summed E-state index contributed by atoms with van der Waals surface area (Å²) in [6.45, 7) is 5.23. The molecule has 2 aromatic rings. The number of hydrogen-bond acceptors (Lipinski definition) is 4. The number of aliphatic imine (C=N–C) groups is 1. The van der Waals surface area contributed by atoms with Crippen molar-refractivity contribution in [2.75, 3.05) is 41.3 Å². The van der Waals surface area contributed by atoms with E-state index in [1.54, 1.807) is 7.11 Å². The van der Waals surface area contributed by atoms with Crippen molar-refractivity contribution in [3.63, 3.8) is 0 Å². The fourth-order valence-corrected chi connectivity index (χ4v) is 4.41. The van der Waals surface area contributed by atoms with Gasteiger partial charge in [-0.3, -0.25) is 9.89 Å². The number of nitrogens with zero attached hydrogens (tertiary/aromatic N) is 3. The van der Waals surface area contributed by atoms with Crippen LogP contribution in [-0.2, 0) is 6.54 Å². The molecule has 174 valence electrons. The topological polar surface area (TPSA) is 52.1 Å². The monoisotopic (exact) mass is 437 g/mol. The van der Waals surface area contributed by atoms with E-state index < -0.39 is 0 Å². The maximum Gasteiger partial charge on any atom is 0.191 e. The highest BCUT2D eigenvalue weighted by Gasteiger charge is 2.26. The zero-order chi connectivity index (χ0) is 22.9. The van der Waals surface area contributed by atoms with Crippen molar-refractivity contribution in [3.05, 3.63) is 65.7 Å². The summed E-state index contributed by atoms with van der Waals surface area (Å²) in [4.78, 5) is 9.30.